The first-order chi connectivity index (χ1) is 8.24. The van der Waals surface area contributed by atoms with Gasteiger partial charge >= 0.3 is 0 Å². The molecule has 0 aromatic heterocycles. The van der Waals surface area contributed by atoms with Crippen molar-refractivity contribution in [2.24, 2.45) is 0 Å². The molecule has 0 aromatic rings. The molecule has 0 saturated heterocycles. The molecule has 0 heterocycles. The molecule has 98 valence electrons. The van der Waals surface area contributed by atoms with Gasteiger partial charge < -0.3 is 10.6 Å². The minimum Gasteiger partial charge on any atom is -0.352 e. The molecule has 0 unspecified atom stereocenters. The van der Waals surface area contributed by atoms with Crippen LogP contribution in [0, 0.1) is 0 Å². The topological polar surface area (TPSA) is 41.1 Å². The fourth-order valence-corrected chi connectivity index (χ4v) is 3.28. The summed E-state index contributed by atoms with van der Waals surface area (Å²) in [5.74, 6) is 0.175. The van der Waals surface area contributed by atoms with Crippen molar-refractivity contribution in [2.45, 2.75) is 55.7 Å². The monoisotopic (exact) mass is 256 g/mol. The Hall–Kier alpha value is -0.220. The summed E-state index contributed by atoms with van der Waals surface area (Å²) >= 11 is 1.93. The lowest BCUT2D eigenvalue weighted by atomic mass is 9.95. The van der Waals surface area contributed by atoms with Crippen molar-refractivity contribution in [3.8, 4) is 0 Å². The molecule has 0 spiro atoms. The SMILES string of the molecule is CSC1(CNCC(=O)NC2CCCCC2)CC1. The molecule has 17 heavy (non-hydrogen) atoms. The molecule has 4 heteroatoms. The molecule has 0 aromatic carbocycles. The molecule has 0 aliphatic heterocycles. The lowest BCUT2D eigenvalue weighted by molar-refractivity contribution is -0.121. The lowest BCUT2D eigenvalue weighted by Crippen LogP contribution is -2.42. The molecule has 2 rings (SSSR count). The third-order valence-electron chi connectivity index (χ3n) is 3.94. The largest absolute Gasteiger partial charge is 0.352 e. The van der Waals surface area contributed by atoms with Crippen molar-refractivity contribution in [3.63, 3.8) is 0 Å². The highest BCUT2D eigenvalue weighted by Crippen LogP contribution is 2.46. The maximum atomic E-state index is 11.7. The van der Waals surface area contributed by atoms with Crippen LogP contribution in [0.15, 0.2) is 0 Å². The van der Waals surface area contributed by atoms with Crippen LogP contribution in [0.3, 0.4) is 0 Å². The molecule has 3 nitrogen and oxygen atoms in total. The molecule has 2 aliphatic carbocycles. The second kappa shape index (κ2) is 6.10. The maximum absolute atomic E-state index is 11.7. The zero-order chi connectivity index (χ0) is 12.1. The minimum atomic E-state index is 0.175. The number of amides is 1. The van der Waals surface area contributed by atoms with Gasteiger partial charge in [-0.05, 0) is 31.9 Å². The zero-order valence-electron chi connectivity index (χ0n) is 10.8. The van der Waals surface area contributed by atoms with Crippen molar-refractivity contribution in [3.05, 3.63) is 0 Å². The van der Waals surface area contributed by atoms with Gasteiger partial charge in [0, 0.05) is 17.3 Å². The summed E-state index contributed by atoms with van der Waals surface area (Å²) in [6, 6.07) is 0.438. The number of carbonyl (C=O) groups excluding carboxylic acids is 1. The van der Waals surface area contributed by atoms with Crippen molar-refractivity contribution < 1.29 is 4.79 Å². The molecular weight excluding hydrogens is 232 g/mol. The molecule has 2 saturated carbocycles. The predicted molar refractivity (Wildman–Crippen MR) is 73.4 cm³/mol. The van der Waals surface area contributed by atoms with Gasteiger partial charge in [0.1, 0.15) is 0 Å². The van der Waals surface area contributed by atoms with Gasteiger partial charge in [0.05, 0.1) is 6.54 Å². The summed E-state index contributed by atoms with van der Waals surface area (Å²) < 4.78 is 0.450. The number of hydrogen-bond donors (Lipinski definition) is 2. The summed E-state index contributed by atoms with van der Waals surface area (Å²) in [4.78, 5) is 11.7. The van der Waals surface area contributed by atoms with Crippen LogP contribution in [-0.2, 0) is 4.79 Å². The van der Waals surface area contributed by atoms with Crippen molar-refractivity contribution in [1.29, 1.82) is 0 Å². The van der Waals surface area contributed by atoms with Gasteiger partial charge in [-0.1, -0.05) is 19.3 Å². The van der Waals surface area contributed by atoms with E-state index >= 15 is 0 Å². The van der Waals surface area contributed by atoms with E-state index in [2.05, 4.69) is 16.9 Å². The highest BCUT2D eigenvalue weighted by Gasteiger charge is 2.41. The minimum absolute atomic E-state index is 0.175. The molecule has 0 atom stereocenters. The predicted octanol–water partition coefficient (Wildman–Crippen LogP) is 1.92. The molecular formula is C13H24N2OS. The first-order valence-corrected chi connectivity index (χ1v) is 8.02. The van der Waals surface area contributed by atoms with Gasteiger partial charge in [0.15, 0.2) is 0 Å². The molecule has 2 N–H and O–H groups in total. The fourth-order valence-electron chi connectivity index (χ4n) is 2.52. The van der Waals surface area contributed by atoms with E-state index in [1.165, 1.54) is 44.9 Å². The van der Waals surface area contributed by atoms with E-state index < -0.39 is 0 Å². The average Bonchev–Trinajstić information content (AvgIpc) is 3.11. The van der Waals surface area contributed by atoms with Crippen LogP contribution in [0.4, 0.5) is 0 Å². The van der Waals surface area contributed by atoms with Crippen LogP contribution in [0.2, 0.25) is 0 Å². The molecule has 1 amide bonds. The second-order valence-corrected chi connectivity index (χ2v) is 6.67. The van der Waals surface area contributed by atoms with Crippen molar-refractivity contribution in [2.75, 3.05) is 19.3 Å². The Kier molecular flexibility index (Phi) is 4.74. The Labute approximate surface area is 108 Å². The maximum Gasteiger partial charge on any atom is 0.234 e. The van der Waals surface area contributed by atoms with Crippen LogP contribution < -0.4 is 10.6 Å². The van der Waals surface area contributed by atoms with E-state index in [4.69, 9.17) is 0 Å². The first kappa shape index (κ1) is 13.2. The van der Waals surface area contributed by atoms with Crippen LogP contribution in [0.5, 0.6) is 0 Å². The quantitative estimate of drug-likeness (QED) is 0.763. The lowest BCUT2D eigenvalue weighted by Gasteiger charge is -2.23. The summed E-state index contributed by atoms with van der Waals surface area (Å²) in [6.07, 6.45) is 11.0. The van der Waals surface area contributed by atoms with Crippen LogP contribution in [-0.4, -0.2) is 36.0 Å². The van der Waals surface area contributed by atoms with Crippen LogP contribution in [0.1, 0.15) is 44.9 Å². The van der Waals surface area contributed by atoms with Crippen molar-refractivity contribution >= 4 is 17.7 Å². The Bertz CT molecular complexity index is 260. The Morgan fingerprint density at radius 2 is 2.00 bits per heavy atom. The molecule has 2 aliphatic rings. The zero-order valence-corrected chi connectivity index (χ0v) is 11.6. The van der Waals surface area contributed by atoms with E-state index in [-0.39, 0.29) is 5.91 Å². The Morgan fingerprint density at radius 1 is 1.29 bits per heavy atom. The highest BCUT2D eigenvalue weighted by molar-refractivity contribution is 8.00. The normalized spacial score (nSPS) is 23.4. The van der Waals surface area contributed by atoms with Gasteiger partial charge in [0.25, 0.3) is 0 Å². The van der Waals surface area contributed by atoms with Crippen LogP contribution >= 0.6 is 11.8 Å². The number of nitrogens with one attached hydrogen (secondary N) is 2. The Balaban J connectivity index is 1.57. The summed E-state index contributed by atoms with van der Waals surface area (Å²) in [6.45, 7) is 1.46. The molecule has 0 radical (unpaired) electrons. The summed E-state index contributed by atoms with van der Waals surface area (Å²) in [5, 5.41) is 6.43. The summed E-state index contributed by atoms with van der Waals surface area (Å²) in [5.41, 5.74) is 0. The fraction of sp³-hybridized carbons (Fsp3) is 0.923. The highest BCUT2D eigenvalue weighted by atomic mass is 32.2. The third kappa shape index (κ3) is 4.18. The number of thioether (sulfide) groups is 1. The number of carbonyl (C=O) groups is 1. The van der Waals surface area contributed by atoms with E-state index in [1.54, 1.807) is 0 Å². The Morgan fingerprint density at radius 3 is 2.59 bits per heavy atom. The summed E-state index contributed by atoms with van der Waals surface area (Å²) in [7, 11) is 0. The molecule has 0 bridgehead atoms. The van der Waals surface area contributed by atoms with E-state index in [0.717, 1.165) is 6.54 Å². The first-order valence-electron chi connectivity index (χ1n) is 6.79. The number of rotatable bonds is 6. The van der Waals surface area contributed by atoms with Crippen molar-refractivity contribution in [1.82, 2.24) is 10.6 Å². The van der Waals surface area contributed by atoms with Gasteiger partial charge in [-0.25, -0.2) is 0 Å². The number of hydrogen-bond acceptors (Lipinski definition) is 3. The smallest absolute Gasteiger partial charge is 0.234 e. The second-order valence-electron chi connectivity index (χ2n) is 5.39. The molecule has 2 fully saturated rings. The third-order valence-corrected chi connectivity index (χ3v) is 5.36. The van der Waals surface area contributed by atoms with Gasteiger partial charge in [-0.15, -0.1) is 0 Å². The van der Waals surface area contributed by atoms with E-state index in [1.807, 2.05) is 11.8 Å². The van der Waals surface area contributed by atoms with Gasteiger partial charge in [0.2, 0.25) is 5.91 Å². The van der Waals surface area contributed by atoms with Gasteiger partial charge in [-0.2, -0.15) is 11.8 Å². The standard InChI is InChI=1S/C13H24N2OS/c1-17-13(7-8-13)10-14-9-12(16)15-11-5-3-2-4-6-11/h11,14H,2-10H2,1H3,(H,15,16). The average molecular weight is 256 g/mol. The van der Waals surface area contributed by atoms with Crippen LogP contribution in [0.25, 0.3) is 0 Å². The van der Waals surface area contributed by atoms with E-state index in [0.29, 0.717) is 17.3 Å². The van der Waals surface area contributed by atoms with E-state index in [9.17, 15) is 4.79 Å². The van der Waals surface area contributed by atoms with Gasteiger partial charge in [-0.3, -0.25) is 4.79 Å².